The molecule has 0 aliphatic heterocycles. The minimum absolute atomic E-state index is 0.357. The maximum atomic E-state index is 5.46. The third-order valence-corrected chi connectivity index (χ3v) is 14.1. The standard InChI is InChI=1S/C10H22O2.5C10H22OS/c1-9(2)11-7-5-6-8-12-10(3)4;2*1-9(2)5-7-12-8-6-11-10(3)4;1-9(2)7-11-5-6-12-8-10(3)4;2*1-9(2)8-11-6-5-7-12-10(3)4/h6*9-10H,5-8H2,1-4H3. The molecule has 7 nitrogen and oxygen atoms in total. The van der Waals surface area contributed by atoms with Gasteiger partial charge < -0.3 is 33.2 Å². The van der Waals surface area contributed by atoms with Crippen molar-refractivity contribution in [3.63, 3.8) is 0 Å². The van der Waals surface area contributed by atoms with Gasteiger partial charge in [-0.3, -0.25) is 0 Å². The largest absolute Gasteiger partial charge is 0.381 e. The van der Waals surface area contributed by atoms with Gasteiger partial charge in [-0.1, -0.05) is 111 Å². The van der Waals surface area contributed by atoms with E-state index in [4.69, 9.17) is 33.2 Å². The summed E-state index contributed by atoms with van der Waals surface area (Å²) in [6.07, 6.45) is 8.72. The molecule has 0 amide bonds. The van der Waals surface area contributed by atoms with Gasteiger partial charge in [-0.2, -0.15) is 58.8 Å². The molecule has 444 valence electrons. The summed E-state index contributed by atoms with van der Waals surface area (Å²) >= 11 is 10.0. The van der Waals surface area contributed by atoms with Gasteiger partial charge in [-0.25, -0.2) is 0 Å². The fraction of sp³-hybridized carbons (Fsp3) is 1.00. The Balaban J connectivity index is -0.000000181. The second-order valence-corrected chi connectivity index (χ2v) is 29.4. The summed E-state index contributed by atoms with van der Waals surface area (Å²) < 4.78 is 38.0. The summed E-state index contributed by atoms with van der Waals surface area (Å²) in [5.74, 6) is 14.2. The molecule has 0 spiro atoms. The highest BCUT2D eigenvalue weighted by molar-refractivity contribution is 8.00. The highest BCUT2D eigenvalue weighted by Gasteiger charge is 2.01. The van der Waals surface area contributed by atoms with Crippen LogP contribution in [0.4, 0.5) is 0 Å². The predicted molar refractivity (Wildman–Crippen MR) is 341 cm³/mol. The average molecular weight is 1130 g/mol. The lowest BCUT2D eigenvalue weighted by molar-refractivity contribution is 0.0522. The molecule has 0 N–H and O–H groups in total. The highest BCUT2D eigenvalue weighted by Crippen LogP contribution is 2.12. The number of hydrogen-bond donors (Lipinski definition) is 0. The molecule has 0 atom stereocenters. The van der Waals surface area contributed by atoms with Crippen LogP contribution in [-0.2, 0) is 33.2 Å². The minimum atomic E-state index is 0.357. The van der Waals surface area contributed by atoms with Gasteiger partial charge in [0.1, 0.15) is 0 Å². The van der Waals surface area contributed by atoms with Gasteiger partial charge in [0.25, 0.3) is 0 Å². The van der Waals surface area contributed by atoms with Crippen LogP contribution in [0.2, 0.25) is 0 Å². The first-order valence-electron chi connectivity index (χ1n) is 28.9. The van der Waals surface area contributed by atoms with E-state index in [0.29, 0.717) is 42.2 Å². The van der Waals surface area contributed by atoms with Gasteiger partial charge >= 0.3 is 0 Å². The third-order valence-electron chi connectivity index (χ3n) is 8.42. The average Bonchev–Trinajstić information content (AvgIpc) is 3.25. The van der Waals surface area contributed by atoms with Gasteiger partial charge in [-0.05, 0) is 169 Å². The first-order chi connectivity index (χ1) is 33.8. The Morgan fingerprint density at radius 2 is 0.569 bits per heavy atom. The zero-order valence-electron chi connectivity index (χ0n) is 52.8. The Bertz CT molecular complexity index is 665. The molecule has 0 bridgehead atoms. The Morgan fingerprint density at radius 1 is 0.264 bits per heavy atom. The summed E-state index contributed by atoms with van der Waals surface area (Å²) in [7, 11) is 0. The van der Waals surface area contributed by atoms with Crippen molar-refractivity contribution in [2.24, 2.45) is 35.5 Å². The first-order valence-corrected chi connectivity index (χ1v) is 34.5. The summed E-state index contributed by atoms with van der Waals surface area (Å²) in [4.78, 5) is 0. The molecule has 0 saturated heterocycles. The van der Waals surface area contributed by atoms with Gasteiger partial charge in [0.2, 0.25) is 0 Å². The first kappa shape index (κ1) is 84.8. The number of hydrogen-bond acceptors (Lipinski definition) is 12. The fourth-order valence-corrected chi connectivity index (χ4v) is 9.22. The molecule has 0 aromatic rings. The molecular formula is C60H132O7S5. The molecule has 12 heteroatoms. The molecule has 0 aromatic heterocycles. The lowest BCUT2D eigenvalue weighted by Gasteiger charge is -2.08. The molecule has 0 unspecified atom stereocenters. The van der Waals surface area contributed by atoms with Crippen molar-refractivity contribution in [2.75, 3.05) is 112 Å². The molecule has 0 radical (unpaired) electrons. The predicted octanol–water partition coefficient (Wildman–Crippen LogP) is 18.4. The van der Waals surface area contributed by atoms with E-state index in [1.54, 1.807) is 0 Å². The van der Waals surface area contributed by atoms with Crippen LogP contribution < -0.4 is 0 Å². The van der Waals surface area contributed by atoms with Gasteiger partial charge in [0.15, 0.2) is 0 Å². The van der Waals surface area contributed by atoms with E-state index in [-0.39, 0.29) is 0 Å². The molecule has 0 aliphatic rings. The van der Waals surface area contributed by atoms with Gasteiger partial charge in [-0.15, -0.1) is 0 Å². The highest BCUT2D eigenvalue weighted by atomic mass is 32.2. The van der Waals surface area contributed by atoms with Crippen LogP contribution in [0.3, 0.4) is 0 Å². The molecular weight excluding hydrogens is 993 g/mol. The maximum absolute atomic E-state index is 5.46. The molecule has 0 saturated carbocycles. The van der Waals surface area contributed by atoms with Crippen molar-refractivity contribution in [1.29, 1.82) is 0 Å². The van der Waals surface area contributed by atoms with Crippen molar-refractivity contribution in [1.82, 2.24) is 0 Å². The van der Waals surface area contributed by atoms with Crippen LogP contribution in [0.15, 0.2) is 0 Å². The summed E-state index contributed by atoms with van der Waals surface area (Å²) in [6.45, 7) is 61.2. The monoisotopic (exact) mass is 1120 g/mol. The van der Waals surface area contributed by atoms with Gasteiger partial charge in [0.05, 0.1) is 44.2 Å². The van der Waals surface area contributed by atoms with E-state index < -0.39 is 0 Å². The van der Waals surface area contributed by atoms with E-state index in [0.717, 1.165) is 124 Å². The lowest BCUT2D eigenvalue weighted by Crippen LogP contribution is -2.07. The smallest absolute Gasteiger partial charge is 0.0560 e. The van der Waals surface area contributed by atoms with Crippen molar-refractivity contribution in [2.45, 2.75) is 240 Å². The maximum Gasteiger partial charge on any atom is 0.0560 e. The van der Waals surface area contributed by atoms with Gasteiger partial charge in [0, 0.05) is 63.5 Å². The second kappa shape index (κ2) is 68.6. The Labute approximate surface area is 476 Å². The zero-order valence-corrected chi connectivity index (χ0v) is 56.9. The quantitative estimate of drug-likeness (QED) is 0.0547. The van der Waals surface area contributed by atoms with Crippen molar-refractivity contribution < 1.29 is 33.2 Å². The van der Waals surface area contributed by atoms with E-state index in [9.17, 15) is 0 Å². The lowest BCUT2D eigenvalue weighted by atomic mass is 10.2. The molecule has 0 aliphatic carbocycles. The van der Waals surface area contributed by atoms with E-state index >= 15 is 0 Å². The van der Waals surface area contributed by atoms with Crippen LogP contribution in [0.1, 0.15) is 205 Å². The Kier molecular flexibility index (Phi) is 80.7. The van der Waals surface area contributed by atoms with Crippen molar-refractivity contribution >= 4 is 58.8 Å². The summed E-state index contributed by atoms with van der Waals surface area (Å²) in [6, 6.07) is 0. The number of thioether (sulfide) groups is 5. The van der Waals surface area contributed by atoms with Crippen LogP contribution in [0.25, 0.3) is 0 Å². The normalized spacial score (nSPS) is 11.5. The fourth-order valence-electron chi connectivity index (χ4n) is 4.72. The second-order valence-electron chi connectivity index (χ2n) is 22.4. The van der Waals surface area contributed by atoms with Crippen molar-refractivity contribution in [3.8, 4) is 0 Å². The van der Waals surface area contributed by atoms with Crippen LogP contribution in [0.5, 0.6) is 0 Å². The summed E-state index contributed by atoms with van der Waals surface area (Å²) in [5.41, 5.74) is 0. The minimum Gasteiger partial charge on any atom is -0.381 e. The number of ether oxygens (including phenoxy) is 7. The Morgan fingerprint density at radius 3 is 0.847 bits per heavy atom. The zero-order chi connectivity index (χ0) is 56.4. The van der Waals surface area contributed by atoms with E-state index in [2.05, 4.69) is 166 Å². The molecule has 0 rings (SSSR count). The number of unbranched alkanes of at least 4 members (excludes halogenated alkanes) is 1. The van der Waals surface area contributed by atoms with Crippen LogP contribution in [-0.4, -0.2) is 147 Å². The van der Waals surface area contributed by atoms with E-state index in [1.807, 2.05) is 58.8 Å². The van der Waals surface area contributed by atoms with Crippen molar-refractivity contribution in [3.05, 3.63) is 0 Å². The summed E-state index contributed by atoms with van der Waals surface area (Å²) in [5, 5.41) is 1.52. The number of rotatable bonds is 42. The van der Waals surface area contributed by atoms with E-state index in [1.165, 1.54) is 54.4 Å². The SMILES string of the molecule is CC(C)CCSCCOC(C)C.CC(C)CCSCCOC(C)C.CC(C)COCCCSC(C)C.CC(C)COCCCSC(C)C.CC(C)COCCSCC(C)C.CC(C)OCCCCOC(C)C. The molecule has 72 heavy (non-hydrogen) atoms. The third kappa shape index (κ3) is 115. The molecule has 0 fully saturated rings. The molecule has 0 aromatic carbocycles. The topological polar surface area (TPSA) is 64.6 Å². The molecule has 0 heterocycles. The Hall–Kier alpha value is 1.47. The van der Waals surface area contributed by atoms with Crippen LogP contribution >= 0.6 is 58.8 Å². The van der Waals surface area contributed by atoms with Crippen LogP contribution in [0, 0.1) is 35.5 Å².